The van der Waals surface area contributed by atoms with Crippen LogP contribution in [0.1, 0.15) is 20.6 Å². The first-order valence-corrected chi connectivity index (χ1v) is 3.62. The zero-order valence-electron chi connectivity index (χ0n) is 6.38. The zero-order valence-corrected chi connectivity index (χ0v) is 5.38. The number of rotatable bonds is 0. The van der Waals surface area contributed by atoms with Crippen LogP contribution in [0.2, 0.25) is 0 Å². The lowest BCUT2D eigenvalue weighted by Gasteiger charge is -2.34. The molecule has 1 saturated carbocycles. The quantitative estimate of drug-likeness (QED) is 0.484. The maximum Gasteiger partial charge on any atom is 0.0749 e. The fourth-order valence-corrected chi connectivity index (χ4v) is 1.73. The monoisotopic (exact) mass is 125 g/mol. The van der Waals surface area contributed by atoms with E-state index >= 15 is 0 Å². The second-order valence-electron chi connectivity index (χ2n) is 3.15. The van der Waals surface area contributed by atoms with Crippen molar-refractivity contribution in [1.29, 1.82) is 0 Å². The van der Waals surface area contributed by atoms with Crippen molar-refractivity contribution in [3.05, 3.63) is 12.1 Å². The summed E-state index contributed by atoms with van der Waals surface area (Å²) in [5, 5.41) is 9.41. The van der Waals surface area contributed by atoms with Crippen LogP contribution in [-0.2, 0) is 0 Å². The standard InChI is InChI=1S/C8H12O/c9-8-3-1-2-6-4-7(8)5-6/h1,3,6-9H,2,4-5H2/t6?,7?,8-/m1/s1/i3D. The van der Waals surface area contributed by atoms with E-state index in [-0.39, 0.29) is 0 Å². The van der Waals surface area contributed by atoms with Crippen LogP contribution in [0, 0.1) is 11.8 Å². The van der Waals surface area contributed by atoms with Crippen molar-refractivity contribution in [3.63, 3.8) is 0 Å². The molecule has 9 heavy (non-hydrogen) atoms. The molecule has 0 saturated heterocycles. The van der Waals surface area contributed by atoms with Gasteiger partial charge in [0.15, 0.2) is 0 Å². The molecule has 0 unspecified atom stereocenters. The van der Waals surface area contributed by atoms with Gasteiger partial charge in [0.25, 0.3) is 0 Å². The highest BCUT2D eigenvalue weighted by Crippen LogP contribution is 2.40. The summed E-state index contributed by atoms with van der Waals surface area (Å²) in [7, 11) is 0. The van der Waals surface area contributed by atoms with Crippen molar-refractivity contribution in [2.45, 2.75) is 25.4 Å². The van der Waals surface area contributed by atoms with E-state index in [0.29, 0.717) is 12.0 Å². The lowest BCUT2D eigenvalue weighted by atomic mass is 9.73. The Morgan fingerprint density at radius 2 is 2.33 bits per heavy atom. The van der Waals surface area contributed by atoms with Crippen molar-refractivity contribution in [1.82, 2.24) is 0 Å². The van der Waals surface area contributed by atoms with Gasteiger partial charge in [0.1, 0.15) is 0 Å². The highest BCUT2D eigenvalue weighted by Gasteiger charge is 2.34. The molecule has 3 aliphatic carbocycles. The van der Waals surface area contributed by atoms with Crippen LogP contribution in [0.3, 0.4) is 0 Å². The predicted octanol–water partition coefficient (Wildman–Crippen LogP) is 1.33. The molecule has 3 aliphatic rings. The molecule has 0 aliphatic heterocycles. The van der Waals surface area contributed by atoms with Crippen LogP contribution >= 0.6 is 0 Å². The molecule has 0 aromatic rings. The molecular weight excluding hydrogens is 112 g/mol. The first kappa shape index (κ1) is 4.51. The first-order chi connectivity index (χ1) is 4.77. The third kappa shape index (κ3) is 0.799. The molecule has 1 nitrogen and oxygen atoms in total. The van der Waals surface area contributed by atoms with Crippen LogP contribution < -0.4 is 0 Å². The largest absolute Gasteiger partial charge is 0.389 e. The van der Waals surface area contributed by atoms with Crippen molar-refractivity contribution in [3.8, 4) is 0 Å². The summed E-state index contributed by atoms with van der Waals surface area (Å²) in [6.07, 6.45) is 4.73. The Hall–Kier alpha value is -0.300. The highest BCUT2D eigenvalue weighted by atomic mass is 16.3. The van der Waals surface area contributed by atoms with Crippen LogP contribution in [0.4, 0.5) is 0 Å². The van der Waals surface area contributed by atoms with Gasteiger partial charge in [-0.2, -0.15) is 0 Å². The molecule has 0 amide bonds. The molecule has 2 bridgehead atoms. The van der Waals surface area contributed by atoms with Crippen molar-refractivity contribution < 1.29 is 6.48 Å². The zero-order chi connectivity index (χ0) is 7.14. The topological polar surface area (TPSA) is 20.2 Å². The Bertz CT molecular complexity index is 170. The van der Waals surface area contributed by atoms with E-state index in [2.05, 4.69) is 0 Å². The van der Waals surface area contributed by atoms with Gasteiger partial charge in [-0.1, -0.05) is 12.1 Å². The summed E-state index contributed by atoms with van der Waals surface area (Å²) in [5.41, 5.74) is 0. The second kappa shape index (κ2) is 1.84. The van der Waals surface area contributed by atoms with Crippen molar-refractivity contribution in [2.24, 2.45) is 11.8 Å². The molecule has 0 spiro atoms. The summed E-state index contributed by atoms with van der Waals surface area (Å²) in [5.74, 6) is 1.19. The summed E-state index contributed by atoms with van der Waals surface area (Å²) in [4.78, 5) is 0. The molecule has 1 fully saturated rings. The summed E-state index contributed by atoms with van der Waals surface area (Å²) in [6, 6.07) is 0.449. The fourth-order valence-electron chi connectivity index (χ4n) is 1.73. The lowest BCUT2D eigenvalue weighted by Crippen LogP contribution is -2.29. The van der Waals surface area contributed by atoms with E-state index in [4.69, 9.17) is 1.37 Å². The Morgan fingerprint density at radius 3 is 3.11 bits per heavy atom. The van der Waals surface area contributed by atoms with Gasteiger partial charge >= 0.3 is 0 Å². The Balaban J connectivity index is 2.16. The SMILES string of the molecule is [2H]C1=CCC2CC(C2)[C@@H]1O. The minimum Gasteiger partial charge on any atom is -0.389 e. The average Bonchev–Trinajstić information content (AvgIpc) is 1.98. The molecule has 1 heteroatoms. The molecule has 50 valence electrons. The molecule has 3 rings (SSSR count). The first-order valence-electron chi connectivity index (χ1n) is 4.12. The number of hydrogen-bond acceptors (Lipinski definition) is 1. The molecule has 0 heterocycles. The predicted molar refractivity (Wildman–Crippen MR) is 36.0 cm³/mol. The van der Waals surface area contributed by atoms with Gasteiger partial charge in [-0.25, -0.2) is 0 Å². The number of aliphatic hydroxyl groups is 1. The normalized spacial score (nSPS) is 50.6. The third-order valence-electron chi connectivity index (χ3n) is 2.46. The number of aliphatic hydroxyl groups excluding tert-OH is 1. The Kier molecular flexibility index (Phi) is 0.922. The molecule has 1 atom stereocenters. The van der Waals surface area contributed by atoms with Gasteiger partial charge < -0.3 is 5.11 Å². The van der Waals surface area contributed by atoms with Crippen LogP contribution in [0.25, 0.3) is 0 Å². The van der Waals surface area contributed by atoms with E-state index in [0.717, 1.165) is 25.2 Å². The maximum absolute atomic E-state index is 9.41. The van der Waals surface area contributed by atoms with Gasteiger partial charge in [0.2, 0.25) is 0 Å². The van der Waals surface area contributed by atoms with Crippen LogP contribution in [0.15, 0.2) is 12.1 Å². The number of allylic oxidation sites excluding steroid dienone is 1. The maximum atomic E-state index is 9.41. The molecule has 0 aromatic carbocycles. The van der Waals surface area contributed by atoms with E-state index in [1.54, 1.807) is 0 Å². The second-order valence-corrected chi connectivity index (χ2v) is 3.15. The molecule has 0 aromatic heterocycles. The van der Waals surface area contributed by atoms with E-state index in [1.165, 1.54) is 0 Å². The number of fused-ring (bicyclic) bond motifs is 2. The van der Waals surface area contributed by atoms with Crippen molar-refractivity contribution >= 4 is 0 Å². The smallest absolute Gasteiger partial charge is 0.0749 e. The van der Waals surface area contributed by atoms with Gasteiger partial charge in [-0.3, -0.25) is 0 Å². The van der Waals surface area contributed by atoms with Crippen LogP contribution in [0.5, 0.6) is 0 Å². The van der Waals surface area contributed by atoms with E-state index in [9.17, 15) is 5.11 Å². The molecule has 0 radical (unpaired) electrons. The van der Waals surface area contributed by atoms with Crippen molar-refractivity contribution in [2.75, 3.05) is 0 Å². The van der Waals surface area contributed by atoms with E-state index in [1.807, 2.05) is 6.08 Å². The van der Waals surface area contributed by atoms with Crippen LogP contribution in [-0.4, -0.2) is 11.2 Å². The third-order valence-corrected chi connectivity index (χ3v) is 2.46. The average molecular weight is 125 g/mol. The van der Waals surface area contributed by atoms with Gasteiger partial charge in [-0.15, -0.1) is 0 Å². The molecular formula is C8H12O. The highest BCUT2D eigenvalue weighted by molar-refractivity contribution is 5.03. The summed E-state index contributed by atoms with van der Waals surface area (Å²) in [6.45, 7) is 0. The Morgan fingerprint density at radius 1 is 1.56 bits per heavy atom. The summed E-state index contributed by atoms with van der Waals surface area (Å²) < 4.78 is 7.39. The lowest BCUT2D eigenvalue weighted by molar-refractivity contribution is 0.0674. The van der Waals surface area contributed by atoms with Gasteiger partial charge in [-0.05, 0) is 31.1 Å². The number of hydrogen-bond donors (Lipinski definition) is 1. The van der Waals surface area contributed by atoms with Gasteiger partial charge in [0.05, 0.1) is 7.47 Å². The minimum atomic E-state index is -0.446. The van der Waals surface area contributed by atoms with Gasteiger partial charge in [0, 0.05) is 0 Å². The Labute approximate surface area is 56.8 Å². The summed E-state index contributed by atoms with van der Waals surface area (Å²) >= 11 is 0. The van der Waals surface area contributed by atoms with E-state index < -0.39 is 6.10 Å². The fraction of sp³-hybridized carbons (Fsp3) is 0.750. The molecule has 1 N–H and O–H groups in total. The minimum absolute atomic E-state index is 0.413.